The summed E-state index contributed by atoms with van der Waals surface area (Å²) in [4.78, 5) is 24.1. The number of rotatable bonds is 5. The second-order valence-electron chi connectivity index (χ2n) is 6.23. The molecule has 5 heteroatoms. The first-order valence-corrected chi connectivity index (χ1v) is 6.95. The van der Waals surface area contributed by atoms with Crippen LogP contribution < -0.4 is 10.6 Å². The topological polar surface area (TPSA) is 78.4 Å². The molecule has 1 unspecified atom stereocenters. The van der Waals surface area contributed by atoms with Crippen LogP contribution in [0.25, 0.3) is 0 Å². The predicted octanol–water partition coefficient (Wildman–Crippen LogP) is 1.47. The number of carbonyl (C=O) groups is 2. The average molecular weight is 292 g/mol. The highest BCUT2D eigenvalue weighted by molar-refractivity contribution is 5.97. The minimum absolute atomic E-state index is 0.306. The minimum atomic E-state index is -1.08. The molecule has 0 aliphatic carbocycles. The lowest BCUT2D eigenvalue weighted by Crippen LogP contribution is -2.61. The summed E-state index contributed by atoms with van der Waals surface area (Å²) in [5.74, 6) is -0.647. The van der Waals surface area contributed by atoms with Crippen LogP contribution in [0.3, 0.4) is 0 Å². The van der Waals surface area contributed by atoms with Gasteiger partial charge in [-0.05, 0) is 46.8 Å². The van der Waals surface area contributed by atoms with Gasteiger partial charge in [0.05, 0.1) is 11.1 Å². The van der Waals surface area contributed by atoms with Crippen molar-refractivity contribution in [2.75, 3.05) is 0 Å². The molecule has 21 heavy (non-hydrogen) atoms. The second-order valence-corrected chi connectivity index (χ2v) is 6.23. The van der Waals surface area contributed by atoms with E-state index in [4.69, 9.17) is 0 Å². The number of carbonyl (C=O) groups excluding carboxylic acids is 2. The van der Waals surface area contributed by atoms with Gasteiger partial charge in [0.25, 0.3) is 5.91 Å². The lowest BCUT2D eigenvalue weighted by Gasteiger charge is -2.38. The van der Waals surface area contributed by atoms with Crippen LogP contribution in [0, 0.1) is 0 Å². The molecule has 1 atom stereocenters. The molecule has 0 radical (unpaired) electrons. The molecule has 0 aliphatic heterocycles. The number of nitrogens with one attached hydrogen (secondary N) is 2. The van der Waals surface area contributed by atoms with E-state index >= 15 is 0 Å². The molecule has 0 heterocycles. The number of hydrogen-bond acceptors (Lipinski definition) is 3. The maximum atomic E-state index is 12.1. The summed E-state index contributed by atoms with van der Waals surface area (Å²) in [6.45, 7) is 8.32. The number of hydrogen-bond donors (Lipinski definition) is 3. The van der Waals surface area contributed by atoms with Crippen LogP contribution in [0.5, 0.6) is 0 Å². The van der Waals surface area contributed by atoms with E-state index in [0.29, 0.717) is 5.56 Å². The van der Waals surface area contributed by atoms with Gasteiger partial charge in [-0.3, -0.25) is 9.59 Å². The highest BCUT2D eigenvalue weighted by Crippen LogP contribution is 2.20. The van der Waals surface area contributed by atoms with Crippen molar-refractivity contribution in [1.82, 2.24) is 10.6 Å². The highest BCUT2D eigenvalue weighted by Gasteiger charge is 2.37. The molecule has 0 bridgehead atoms. The molecule has 3 N–H and O–H groups in total. The van der Waals surface area contributed by atoms with E-state index < -0.39 is 17.2 Å². The van der Waals surface area contributed by atoms with Gasteiger partial charge in [0, 0.05) is 5.56 Å². The zero-order chi connectivity index (χ0) is 16.3. The lowest BCUT2D eigenvalue weighted by molar-refractivity contribution is -0.127. The third-order valence-electron chi connectivity index (χ3n) is 3.74. The average Bonchev–Trinajstić information content (AvgIpc) is 2.37. The van der Waals surface area contributed by atoms with Crippen molar-refractivity contribution in [1.29, 1.82) is 0 Å². The molecule has 0 spiro atoms. The maximum Gasteiger partial charge on any atom is 0.251 e. The van der Waals surface area contributed by atoms with Crippen molar-refractivity contribution in [2.45, 2.75) is 51.8 Å². The Labute approximate surface area is 125 Å². The first kappa shape index (κ1) is 17.2. The molecule has 0 saturated heterocycles. The van der Waals surface area contributed by atoms with Crippen molar-refractivity contribution in [3.05, 3.63) is 35.9 Å². The fourth-order valence-electron chi connectivity index (χ4n) is 1.50. The zero-order valence-electron chi connectivity index (χ0n) is 13.2. The molecule has 5 nitrogen and oxygen atoms in total. The molecule has 0 saturated carbocycles. The molecule has 2 amide bonds. The zero-order valence-corrected chi connectivity index (χ0v) is 13.2. The lowest BCUT2D eigenvalue weighted by atomic mass is 9.86. The van der Waals surface area contributed by atoms with E-state index in [1.807, 2.05) is 6.07 Å². The van der Waals surface area contributed by atoms with E-state index in [1.54, 1.807) is 58.9 Å². The summed E-state index contributed by atoms with van der Waals surface area (Å²) in [5, 5.41) is 15.4. The largest absolute Gasteiger partial charge is 0.388 e. The van der Waals surface area contributed by atoms with Crippen LogP contribution >= 0.6 is 0 Å². The Kier molecular flexibility index (Phi) is 5.12. The van der Waals surface area contributed by atoms with Crippen molar-refractivity contribution >= 4 is 11.8 Å². The molecule has 116 valence electrons. The van der Waals surface area contributed by atoms with E-state index in [9.17, 15) is 14.7 Å². The van der Waals surface area contributed by atoms with Crippen LogP contribution in [0.1, 0.15) is 45.0 Å². The summed E-state index contributed by atoms with van der Waals surface area (Å²) in [5.41, 5.74) is -1.39. The molecule has 1 rings (SSSR count). The van der Waals surface area contributed by atoms with Gasteiger partial charge in [-0.1, -0.05) is 18.2 Å². The summed E-state index contributed by atoms with van der Waals surface area (Å²) < 4.78 is 0. The van der Waals surface area contributed by atoms with Gasteiger partial charge in [0.15, 0.2) is 0 Å². The van der Waals surface area contributed by atoms with Crippen LogP contribution in [-0.4, -0.2) is 34.1 Å². The van der Waals surface area contributed by atoms with Crippen molar-refractivity contribution in [3.8, 4) is 0 Å². The normalized spacial score (nSPS) is 13.4. The number of benzene rings is 1. The summed E-state index contributed by atoms with van der Waals surface area (Å²) in [6.07, 6.45) is 0. The van der Waals surface area contributed by atoms with Gasteiger partial charge in [0.1, 0.15) is 6.04 Å². The summed E-state index contributed by atoms with van der Waals surface area (Å²) in [6, 6.07) is 8.01. The molecule has 0 aromatic heterocycles. The quantitative estimate of drug-likeness (QED) is 0.769. The van der Waals surface area contributed by atoms with Crippen LogP contribution in [-0.2, 0) is 4.79 Å². The molecule has 0 aliphatic rings. The molecule has 1 aromatic rings. The highest BCUT2D eigenvalue weighted by atomic mass is 16.3. The van der Waals surface area contributed by atoms with Crippen LogP contribution in [0.4, 0.5) is 0 Å². The van der Waals surface area contributed by atoms with Crippen LogP contribution in [0.2, 0.25) is 0 Å². The van der Waals surface area contributed by atoms with Gasteiger partial charge in [-0.15, -0.1) is 0 Å². The van der Waals surface area contributed by atoms with Crippen molar-refractivity contribution < 1.29 is 14.7 Å². The van der Waals surface area contributed by atoms with Gasteiger partial charge in [-0.25, -0.2) is 0 Å². The maximum absolute atomic E-state index is 12.1. The molecule has 1 aromatic carbocycles. The number of amides is 2. The molecular weight excluding hydrogens is 268 g/mol. The van der Waals surface area contributed by atoms with Crippen molar-refractivity contribution in [2.24, 2.45) is 0 Å². The van der Waals surface area contributed by atoms with Gasteiger partial charge >= 0.3 is 0 Å². The third kappa shape index (κ3) is 4.56. The minimum Gasteiger partial charge on any atom is -0.388 e. The number of aliphatic hydroxyl groups is 1. The Balaban J connectivity index is 2.66. The smallest absolute Gasteiger partial charge is 0.251 e. The fraction of sp³-hybridized carbons (Fsp3) is 0.500. The van der Waals surface area contributed by atoms with E-state index in [0.717, 1.165) is 0 Å². The Bertz CT molecular complexity index is 504. The SMILES string of the molecule is CC(NC(=O)c1ccccc1)C(=O)NC(C)(C)C(C)(C)O. The monoisotopic (exact) mass is 292 g/mol. The standard InChI is InChI=1S/C16H24N2O3/c1-11(13(19)18-15(2,3)16(4,5)21)17-14(20)12-9-7-6-8-10-12/h6-11,21H,1-5H3,(H,17,20)(H,18,19). The van der Waals surface area contributed by atoms with E-state index in [1.165, 1.54) is 0 Å². The molecular formula is C16H24N2O3. The third-order valence-corrected chi connectivity index (χ3v) is 3.74. The fourth-order valence-corrected chi connectivity index (χ4v) is 1.50. The summed E-state index contributed by atoms with van der Waals surface area (Å²) >= 11 is 0. The van der Waals surface area contributed by atoms with Crippen molar-refractivity contribution in [3.63, 3.8) is 0 Å². The second kappa shape index (κ2) is 6.26. The molecule has 0 fully saturated rings. The Hall–Kier alpha value is -1.88. The van der Waals surface area contributed by atoms with Crippen LogP contribution in [0.15, 0.2) is 30.3 Å². The van der Waals surface area contributed by atoms with Gasteiger partial charge < -0.3 is 15.7 Å². The Morgan fingerprint density at radius 1 is 1.10 bits per heavy atom. The Morgan fingerprint density at radius 3 is 2.10 bits per heavy atom. The van der Waals surface area contributed by atoms with Gasteiger partial charge in [-0.2, -0.15) is 0 Å². The van der Waals surface area contributed by atoms with E-state index in [2.05, 4.69) is 10.6 Å². The first-order valence-electron chi connectivity index (χ1n) is 6.95. The predicted molar refractivity (Wildman–Crippen MR) is 81.9 cm³/mol. The van der Waals surface area contributed by atoms with E-state index in [-0.39, 0.29) is 11.8 Å². The summed E-state index contributed by atoms with van der Waals surface area (Å²) in [7, 11) is 0. The van der Waals surface area contributed by atoms with Gasteiger partial charge in [0.2, 0.25) is 5.91 Å². The Morgan fingerprint density at radius 2 is 1.62 bits per heavy atom. The first-order chi connectivity index (χ1) is 9.54.